The van der Waals surface area contributed by atoms with Crippen molar-refractivity contribution in [1.29, 1.82) is 0 Å². The Balaban J connectivity index is 0.00000294. The highest BCUT2D eigenvalue weighted by Gasteiger charge is 2.46. The third-order valence-electron chi connectivity index (χ3n) is 7.85. The Labute approximate surface area is 223 Å². The van der Waals surface area contributed by atoms with Crippen molar-refractivity contribution in [2.24, 2.45) is 13.0 Å². The van der Waals surface area contributed by atoms with Crippen molar-refractivity contribution in [2.75, 3.05) is 6.54 Å². The van der Waals surface area contributed by atoms with Gasteiger partial charge in [-0.3, -0.25) is 9.58 Å². The van der Waals surface area contributed by atoms with Crippen LogP contribution in [0.25, 0.3) is 5.69 Å². The van der Waals surface area contributed by atoms with Crippen LogP contribution in [0.15, 0.2) is 60.9 Å². The summed E-state index contributed by atoms with van der Waals surface area (Å²) in [5.74, 6) is -0.0958. The largest absolute Gasteiger partial charge is 0.478 e. The fraction of sp³-hybridized carbons (Fsp3) is 0.400. The Morgan fingerprint density at radius 2 is 1.92 bits per heavy atom. The molecule has 198 valence electrons. The number of aromatic nitrogens is 5. The third-order valence-corrected chi connectivity index (χ3v) is 7.85. The highest BCUT2D eigenvalue weighted by molar-refractivity contribution is 5.89. The number of carboxylic acids is 1. The molecule has 0 bridgehead atoms. The number of aryl methyl sites for hydroxylation is 1. The van der Waals surface area contributed by atoms with Gasteiger partial charge >= 0.3 is 5.97 Å². The van der Waals surface area contributed by atoms with Crippen LogP contribution in [0.4, 0.5) is 0 Å². The lowest BCUT2D eigenvalue weighted by Crippen LogP contribution is -2.27. The number of carbonyl (C=O) groups is 1. The number of benzene rings is 2. The maximum Gasteiger partial charge on any atom is 0.339 e. The molecule has 4 aromatic rings. The van der Waals surface area contributed by atoms with Crippen LogP contribution in [0.5, 0.6) is 0 Å². The number of carboxylic acid groups (broad SMARTS) is 1. The molecule has 0 saturated heterocycles. The van der Waals surface area contributed by atoms with E-state index < -0.39 is 5.97 Å². The van der Waals surface area contributed by atoms with E-state index in [2.05, 4.69) is 63.6 Å². The summed E-state index contributed by atoms with van der Waals surface area (Å²) in [6, 6.07) is 17.2. The van der Waals surface area contributed by atoms with Gasteiger partial charge in [0.25, 0.3) is 0 Å². The summed E-state index contributed by atoms with van der Waals surface area (Å²) in [5, 5.41) is 22.8. The van der Waals surface area contributed by atoms with Crippen molar-refractivity contribution in [2.45, 2.75) is 58.5 Å². The number of rotatable bonds is 7. The van der Waals surface area contributed by atoms with Gasteiger partial charge in [0, 0.05) is 44.7 Å². The summed E-state index contributed by atoms with van der Waals surface area (Å²) >= 11 is 0. The average molecular weight is 513 g/mol. The van der Waals surface area contributed by atoms with Gasteiger partial charge in [-0.25, -0.2) is 9.48 Å². The zero-order valence-corrected chi connectivity index (χ0v) is 21.3. The maximum atomic E-state index is 12.1. The summed E-state index contributed by atoms with van der Waals surface area (Å²) in [7, 11) is 1.85. The SMILES string of the molecule is C.CC[C@@H]1Cc2ccccc2CN(Cc2cccc(-n3ncc(C(=O)O)c3[C@@H]3C[C@H]3c3cn(C)nn3)c2)C1. The molecular weight excluding hydrogens is 476 g/mol. The Bertz CT molecular complexity index is 1440. The minimum absolute atomic E-state index is 0. The van der Waals surface area contributed by atoms with Crippen LogP contribution < -0.4 is 0 Å². The van der Waals surface area contributed by atoms with Gasteiger partial charge in [-0.2, -0.15) is 5.10 Å². The van der Waals surface area contributed by atoms with Crippen molar-refractivity contribution in [3.8, 4) is 5.69 Å². The third kappa shape index (κ3) is 5.00. The molecule has 6 rings (SSSR count). The van der Waals surface area contributed by atoms with Crippen molar-refractivity contribution >= 4 is 5.97 Å². The number of aromatic carboxylic acids is 1. The molecule has 8 nitrogen and oxygen atoms in total. The minimum Gasteiger partial charge on any atom is -0.478 e. The Kier molecular flexibility index (Phi) is 7.17. The lowest BCUT2D eigenvalue weighted by Gasteiger charge is -2.24. The molecule has 1 saturated carbocycles. The summed E-state index contributed by atoms with van der Waals surface area (Å²) in [4.78, 5) is 14.6. The van der Waals surface area contributed by atoms with E-state index in [4.69, 9.17) is 0 Å². The molecule has 2 aromatic heterocycles. The molecule has 1 N–H and O–H groups in total. The highest BCUT2D eigenvalue weighted by Crippen LogP contribution is 2.55. The topological polar surface area (TPSA) is 89.1 Å². The Morgan fingerprint density at radius 1 is 1.11 bits per heavy atom. The van der Waals surface area contributed by atoms with Crippen molar-refractivity contribution in [1.82, 2.24) is 29.7 Å². The van der Waals surface area contributed by atoms with Crippen LogP contribution in [0.2, 0.25) is 0 Å². The van der Waals surface area contributed by atoms with Crippen LogP contribution in [-0.4, -0.2) is 47.3 Å². The van der Waals surface area contributed by atoms with E-state index in [1.54, 1.807) is 4.68 Å². The molecule has 3 atom stereocenters. The molecule has 1 aliphatic carbocycles. The molecule has 0 radical (unpaired) electrons. The van der Waals surface area contributed by atoms with Gasteiger partial charge in [-0.1, -0.05) is 62.4 Å². The fourth-order valence-electron chi connectivity index (χ4n) is 5.84. The second-order valence-corrected chi connectivity index (χ2v) is 10.5. The zero-order chi connectivity index (χ0) is 25.5. The average Bonchev–Trinajstić information content (AvgIpc) is 3.41. The summed E-state index contributed by atoms with van der Waals surface area (Å²) < 4.78 is 3.51. The second-order valence-electron chi connectivity index (χ2n) is 10.5. The van der Waals surface area contributed by atoms with Gasteiger partial charge in [0.1, 0.15) is 5.56 Å². The van der Waals surface area contributed by atoms with E-state index >= 15 is 0 Å². The number of hydrogen-bond acceptors (Lipinski definition) is 5. The normalized spacial score (nSPS) is 20.8. The van der Waals surface area contributed by atoms with Crippen LogP contribution >= 0.6 is 0 Å². The molecule has 2 aliphatic rings. The van der Waals surface area contributed by atoms with Gasteiger partial charge in [0.2, 0.25) is 0 Å². The summed E-state index contributed by atoms with van der Waals surface area (Å²) in [6.07, 6.45) is 6.53. The van der Waals surface area contributed by atoms with E-state index in [1.807, 2.05) is 30.1 Å². The lowest BCUT2D eigenvalue weighted by molar-refractivity contribution is 0.0695. The Morgan fingerprint density at radius 3 is 2.66 bits per heavy atom. The van der Waals surface area contributed by atoms with Gasteiger partial charge in [-0.15, -0.1) is 5.10 Å². The van der Waals surface area contributed by atoms with Gasteiger partial charge in [0.15, 0.2) is 0 Å². The molecular formula is C30H36N6O2. The summed E-state index contributed by atoms with van der Waals surface area (Å²) in [6.45, 7) is 5.12. The molecule has 2 aromatic carbocycles. The monoisotopic (exact) mass is 512 g/mol. The molecule has 0 unspecified atom stereocenters. The molecule has 0 amide bonds. The van der Waals surface area contributed by atoms with E-state index in [0.717, 1.165) is 56.0 Å². The number of fused-ring (bicyclic) bond motifs is 1. The predicted molar refractivity (Wildman–Crippen MR) is 146 cm³/mol. The van der Waals surface area contributed by atoms with Crippen LogP contribution in [0.1, 0.15) is 77.5 Å². The first kappa shape index (κ1) is 25.9. The van der Waals surface area contributed by atoms with E-state index in [1.165, 1.54) is 22.9 Å². The zero-order valence-electron chi connectivity index (χ0n) is 21.3. The van der Waals surface area contributed by atoms with E-state index in [9.17, 15) is 9.90 Å². The predicted octanol–water partition coefficient (Wildman–Crippen LogP) is 5.19. The first-order chi connectivity index (χ1) is 18.0. The molecule has 8 heteroatoms. The fourth-order valence-corrected chi connectivity index (χ4v) is 5.84. The van der Waals surface area contributed by atoms with Gasteiger partial charge in [-0.05, 0) is 47.6 Å². The van der Waals surface area contributed by atoms with Crippen LogP contribution in [0.3, 0.4) is 0 Å². The molecule has 38 heavy (non-hydrogen) atoms. The number of hydrogen-bond donors (Lipinski definition) is 1. The maximum absolute atomic E-state index is 12.1. The van der Waals surface area contributed by atoms with Crippen molar-refractivity contribution < 1.29 is 9.90 Å². The number of nitrogens with zero attached hydrogens (tertiary/aromatic N) is 6. The first-order valence-corrected chi connectivity index (χ1v) is 13.1. The Hall–Kier alpha value is -3.78. The summed E-state index contributed by atoms with van der Waals surface area (Å²) in [5.41, 5.74) is 6.89. The van der Waals surface area contributed by atoms with Crippen LogP contribution in [-0.2, 0) is 26.6 Å². The van der Waals surface area contributed by atoms with Crippen LogP contribution in [0, 0.1) is 5.92 Å². The molecule has 0 spiro atoms. The molecule has 1 aliphatic heterocycles. The highest BCUT2D eigenvalue weighted by atomic mass is 16.4. The van der Waals surface area contributed by atoms with Gasteiger partial charge in [0.05, 0.1) is 23.3 Å². The smallest absolute Gasteiger partial charge is 0.339 e. The van der Waals surface area contributed by atoms with E-state index in [-0.39, 0.29) is 24.8 Å². The first-order valence-electron chi connectivity index (χ1n) is 13.1. The minimum atomic E-state index is -0.948. The standard InChI is InChI=1S/C29H32N6O2.CH4/c1-3-19-11-21-8-4-5-9-22(21)17-34(15-19)16-20-7-6-10-23(12-20)35-28(26(14-30-35)29(36)37)25-13-24(25)27-18-33(2)32-31-27;/h4-10,12,14,18-19,24-25H,3,11,13,15-17H2,1-2H3,(H,36,37);1H4/t19-,24-,25-;/m1./s1. The van der Waals surface area contributed by atoms with Gasteiger partial charge < -0.3 is 5.11 Å². The van der Waals surface area contributed by atoms with Crippen molar-refractivity contribution in [3.05, 3.63) is 94.6 Å². The lowest BCUT2D eigenvalue weighted by atomic mass is 9.96. The second kappa shape index (κ2) is 10.5. The molecule has 1 fully saturated rings. The van der Waals surface area contributed by atoms with Crippen molar-refractivity contribution in [3.63, 3.8) is 0 Å². The molecule has 3 heterocycles. The van der Waals surface area contributed by atoms with E-state index in [0.29, 0.717) is 5.92 Å². The quantitative estimate of drug-likeness (QED) is 0.367.